The largest absolute Gasteiger partial charge is 0.478 e. The first kappa shape index (κ1) is 14.4. The molecular formula is C15H21NO2S. The van der Waals surface area contributed by atoms with Crippen molar-refractivity contribution >= 4 is 17.7 Å². The Labute approximate surface area is 119 Å². The van der Waals surface area contributed by atoms with Crippen LogP contribution in [0.1, 0.15) is 36.2 Å². The van der Waals surface area contributed by atoms with Crippen LogP contribution in [-0.4, -0.2) is 39.6 Å². The van der Waals surface area contributed by atoms with Crippen LogP contribution < -0.4 is 0 Å². The summed E-state index contributed by atoms with van der Waals surface area (Å²) >= 11 is 2.04. The fourth-order valence-corrected chi connectivity index (χ4v) is 3.37. The fourth-order valence-electron chi connectivity index (χ4n) is 2.23. The van der Waals surface area contributed by atoms with Crippen LogP contribution in [0.3, 0.4) is 0 Å². The number of hydrogen-bond acceptors (Lipinski definition) is 3. The van der Waals surface area contributed by atoms with E-state index in [9.17, 15) is 4.79 Å². The molecule has 1 aromatic rings. The van der Waals surface area contributed by atoms with Crippen LogP contribution in [0.5, 0.6) is 0 Å². The maximum atomic E-state index is 10.8. The zero-order chi connectivity index (χ0) is 13.9. The zero-order valence-electron chi connectivity index (χ0n) is 11.6. The minimum Gasteiger partial charge on any atom is -0.478 e. The molecule has 1 saturated heterocycles. The average Bonchev–Trinajstić information content (AvgIpc) is 2.52. The van der Waals surface area contributed by atoms with Crippen LogP contribution in [-0.2, 0) is 6.54 Å². The Kier molecular flexibility index (Phi) is 4.53. The third-order valence-electron chi connectivity index (χ3n) is 3.54. The zero-order valence-corrected chi connectivity index (χ0v) is 12.4. The van der Waals surface area contributed by atoms with E-state index in [-0.39, 0.29) is 0 Å². The van der Waals surface area contributed by atoms with Gasteiger partial charge in [0.25, 0.3) is 0 Å². The van der Waals surface area contributed by atoms with Crippen molar-refractivity contribution in [1.82, 2.24) is 4.90 Å². The lowest BCUT2D eigenvalue weighted by Crippen LogP contribution is -2.26. The first-order chi connectivity index (χ1) is 8.96. The van der Waals surface area contributed by atoms with Crippen molar-refractivity contribution in [3.63, 3.8) is 0 Å². The highest BCUT2D eigenvalue weighted by molar-refractivity contribution is 8.00. The number of benzene rings is 1. The van der Waals surface area contributed by atoms with Gasteiger partial charge in [-0.3, -0.25) is 4.90 Å². The second kappa shape index (κ2) is 5.97. The van der Waals surface area contributed by atoms with E-state index >= 15 is 0 Å². The lowest BCUT2D eigenvalue weighted by Gasteiger charge is -2.22. The summed E-state index contributed by atoms with van der Waals surface area (Å²) in [5.41, 5.74) is 1.55. The number of carboxylic acid groups (broad SMARTS) is 1. The average molecular weight is 279 g/mol. The third-order valence-corrected chi connectivity index (χ3v) is 4.91. The van der Waals surface area contributed by atoms with Crippen molar-refractivity contribution in [2.45, 2.75) is 31.6 Å². The fraction of sp³-hybridized carbons (Fsp3) is 0.533. The van der Waals surface area contributed by atoms with Crippen LogP contribution in [0.2, 0.25) is 0 Å². The maximum Gasteiger partial charge on any atom is 0.335 e. The Morgan fingerprint density at radius 2 is 2.00 bits per heavy atom. The molecule has 1 fully saturated rings. The second-order valence-corrected chi connectivity index (χ2v) is 7.44. The van der Waals surface area contributed by atoms with Crippen molar-refractivity contribution in [2.24, 2.45) is 0 Å². The Bertz CT molecular complexity index is 442. The highest BCUT2D eigenvalue weighted by Crippen LogP contribution is 2.31. The van der Waals surface area contributed by atoms with Crippen molar-refractivity contribution in [3.8, 4) is 0 Å². The third kappa shape index (κ3) is 4.25. The molecule has 0 aromatic heterocycles. The van der Waals surface area contributed by atoms with Gasteiger partial charge in [-0.05, 0) is 30.7 Å². The molecule has 104 valence electrons. The van der Waals surface area contributed by atoms with Crippen LogP contribution in [0.15, 0.2) is 24.3 Å². The van der Waals surface area contributed by atoms with Gasteiger partial charge >= 0.3 is 5.97 Å². The molecule has 0 amide bonds. The van der Waals surface area contributed by atoms with Crippen molar-refractivity contribution in [2.75, 3.05) is 18.8 Å². The number of nitrogens with zero attached hydrogens (tertiary/aromatic N) is 1. The monoisotopic (exact) mass is 279 g/mol. The Hall–Kier alpha value is -1.00. The molecule has 19 heavy (non-hydrogen) atoms. The number of carboxylic acids is 1. The quantitative estimate of drug-likeness (QED) is 0.923. The first-order valence-corrected chi connectivity index (χ1v) is 7.63. The predicted octanol–water partition coefficient (Wildman–Crippen LogP) is 3.10. The Balaban J connectivity index is 1.95. The van der Waals surface area contributed by atoms with Gasteiger partial charge in [0.05, 0.1) is 5.56 Å². The first-order valence-electron chi connectivity index (χ1n) is 6.65. The van der Waals surface area contributed by atoms with Gasteiger partial charge in [0.1, 0.15) is 0 Å². The van der Waals surface area contributed by atoms with E-state index in [2.05, 4.69) is 18.7 Å². The van der Waals surface area contributed by atoms with Gasteiger partial charge in [0.2, 0.25) is 0 Å². The number of carbonyl (C=O) groups is 1. The smallest absolute Gasteiger partial charge is 0.335 e. The molecule has 4 heteroatoms. The van der Waals surface area contributed by atoms with Crippen LogP contribution in [0.25, 0.3) is 0 Å². The van der Waals surface area contributed by atoms with Crippen LogP contribution in [0, 0.1) is 0 Å². The lowest BCUT2D eigenvalue weighted by atomic mass is 10.1. The molecule has 0 spiro atoms. The van der Waals surface area contributed by atoms with Crippen molar-refractivity contribution in [1.29, 1.82) is 0 Å². The van der Waals surface area contributed by atoms with Gasteiger partial charge in [-0.25, -0.2) is 4.79 Å². The van der Waals surface area contributed by atoms with Gasteiger partial charge < -0.3 is 5.11 Å². The molecule has 1 aliphatic rings. The highest BCUT2D eigenvalue weighted by atomic mass is 32.2. The molecule has 0 bridgehead atoms. The molecule has 0 radical (unpaired) electrons. The predicted molar refractivity (Wildman–Crippen MR) is 79.8 cm³/mol. The van der Waals surface area contributed by atoms with E-state index in [1.165, 1.54) is 17.7 Å². The number of aromatic carboxylic acids is 1. The second-order valence-electron chi connectivity index (χ2n) is 5.64. The van der Waals surface area contributed by atoms with Gasteiger partial charge in [0, 0.05) is 23.6 Å². The van der Waals surface area contributed by atoms with E-state index in [0.29, 0.717) is 10.3 Å². The highest BCUT2D eigenvalue weighted by Gasteiger charge is 2.23. The van der Waals surface area contributed by atoms with Gasteiger partial charge in [-0.1, -0.05) is 26.0 Å². The molecular weight excluding hydrogens is 258 g/mol. The van der Waals surface area contributed by atoms with Gasteiger partial charge in [-0.2, -0.15) is 11.8 Å². The molecule has 0 unspecified atom stereocenters. The SMILES string of the molecule is CC1(C)CCN(Cc2ccc(C(=O)O)cc2)CCS1. The van der Waals surface area contributed by atoms with E-state index < -0.39 is 5.97 Å². The lowest BCUT2D eigenvalue weighted by molar-refractivity contribution is 0.0697. The minimum atomic E-state index is -0.862. The summed E-state index contributed by atoms with van der Waals surface area (Å²) in [4.78, 5) is 13.3. The van der Waals surface area contributed by atoms with Gasteiger partial charge in [-0.15, -0.1) is 0 Å². The number of hydrogen-bond donors (Lipinski definition) is 1. The molecule has 1 heterocycles. The van der Waals surface area contributed by atoms with E-state index in [0.717, 1.165) is 19.6 Å². The summed E-state index contributed by atoms with van der Waals surface area (Å²) in [6, 6.07) is 7.22. The van der Waals surface area contributed by atoms with E-state index in [1.807, 2.05) is 23.9 Å². The summed E-state index contributed by atoms with van der Waals surface area (Å²) in [7, 11) is 0. The molecule has 0 saturated carbocycles. The molecule has 0 atom stereocenters. The minimum absolute atomic E-state index is 0.358. The Morgan fingerprint density at radius 1 is 1.32 bits per heavy atom. The molecule has 1 N–H and O–H groups in total. The maximum absolute atomic E-state index is 10.8. The topological polar surface area (TPSA) is 40.5 Å². The molecule has 1 aromatic carbocycles. The normalized spacial score (nSPS) is 19.9. The summed E-state index contributed by atoms with van der Waals surface area (Å²) in [5.74, 6) is 0.305. The van der Waals surface area contributed by atoms with Crippen molar-refractivity contribution < 1.29 is 9.90 Å². The molecule has 1 aliphatic heterocycles. The summed E-state index contributed by atoms with van der Waals surface area (Å²) < 4.78 is 0.377. The summed E-state index contributed by atoms with van der Waals surface area (Å²) in [6.07, 6.45) is 1.20. The summed E-state index contributed by atoms with van der Waals surface area (Å²) in [6.45, 7) is 7.75. The summed E-state index contributed by atoms with van der Waals surface area (Å²) in [5, 5.41) is 8.88. The Morgan fingerprint density at radius 3 is 2.63 bits per heavy atom. The van der Waals surface area contributed by atoms with Crippen LogP contribution in [0.4, 0.5) is 0 Å². The number of thioether (sulfide) groups is 1. The number of rotatable bonds is 3. The molecule has 0 aliphatic carbocycles. The van der Waals surface area contributed by atoms with Crippen LogP contribution >= 0.6 is 11.8 Å². The van der Waals surface area contributed by atoms with Gasteiger partial charge in [0.15, 0.2) is 0 Å². The van der Waals surface area contributed by atoms with E-state index in [1.54, 1.807) is 12.1 Å². The van der Waals surface area contributed by atoms with Crippen molar-refractivity contribution in [3.05, 3.63) is 35.4 Å². The molecule has 3 nitrogen and oxygen atoms in total. The van der Waals surface area contributed by atoms with E-state index in [4.69, 9.17) is 5.11 Å². The standard InChI is InChI=1S/C15H21NO2S/c1-15(2)7-8-16(9-10-19-15)11-12-3-5-13(6-4-12)14(17)18/h3-6H,7-11H2,1-2H3,(H,17,18). The molecule has 2 rings (SSSR count).